The van der Waals surface area contributed by atoms with Crippen LogP contribution < -0.4 is 26.4 Å². The maximum Gasteiger partial charge on any atom is 0.235 e. The van der Waals surface area contributed by atoms with Gasteiger partial charge in [-0.1, -0.05) is 18.2 Å². The molecule has 0 aliphatic carbocycles. The van der Waals surface area contributed by atoms with E-state index >= 15 is 0 Å². The van der Waals surface area contributed by atoms with Gasteiger partial charge in [0.05, 0.1) is 5.39 Å². The van der Waals surface area contributed by atoms with Gasteiger partial charge in [0.2, 0.25) is 23.1 Å². The number of ether oxygens (including phenoxy) is 2. The molecule has 0 bridgehead atoms. The molecular weight excluding hydrogens is 374 g/mol. The summed E-state index contributed by atoms with van der Waals surface area (Å²) < 4.78 is 17.2. The third-order valence-corrected chi connectivity index (χ3v) is 4.03. The number of rotatable bonds is 5. The number of nitrogens with zero attached hydrogens (tertiary/aromatic N) is 3. The Balaban J connectivity index is 1.61. The molecule has 0 spiro atoms. The molecule has 0 saturated carbocycles. The highest BCUT2D eigenvalue weighted by Gasteiger charge is 2.15. The molecule has 4 aromatic rings. The fourth-order valence-electron chi connectivity index (χ4n) is 2.75. The quantitative estimate of drug-likeness (QED) is 0.525. The van der Waals surface area contributed by atoms with Crippen molar-refractivity contribution in [2.75, 3.05) is 11.5 Å². The van der Waals surface area contributed by atoms with Gasteiger partial charge < -0.3 is 25.4 Å². The number of fused-ring (bicyclic) bond motifs is 1. The lowest BCUT2D eigenvalue weighted by atomic mass is 10.2. The standard InChI is InChI=1S/C20H17N5O4/c1-11-18(29-12-5-3-2-4-6-12)17(26)14-8-7-13(9-15(14)28-11)27-10-16-23-19(21)25-20(22)24-16/h2-9H,10H2,1H3,(H4,21,22,23,24,25). The second-order valence-corrected chi connectivity index (χ2v) is 6.15. The van der Waals surface area contributed by atoms with Crippen LogP contribution in [0.5, 0.6) is 17.2 Å². The number of aryl methyl sites for hydroxylation is 1. The van der Waals surface area contributed by atoms with Crippen molar-refractivity contribution in [2.24, 2.45) is 0 Å². The highest BCUT2D eigenvalue weighted by molar-refractivity contribution is 5.79. The van der Waals surface area contributed by atoms with E-state index in [1.807, 2.05) is 18.2 Å². The van der Waals surface area contributed by atoms with E-state index in [4.69, 9.17) is 25.4 Å². The first-order valence-electron chi connectivity index (χ1n) is 8.68. The van der Waals surface area contributed by atoms with Gasteiger partial charge in [0.25, 0.3) is 0 Å². The minimum Gasteiger partial charge on any atom is -0.485 e. The molecular formula is C20H17N5O4. The molecule has 2 heterocycles. The second kappa shape index (κ2) is 7.47. The molecule has 0 saturated heterocycles. The molecule has 0 amide bonds. The topological polar surface area (TPSA) is 139 Å². The maximum atomic E-state index is 12.8. The smallest absolute Gasteiger partial charge is 0.235 e. The molecule has 146 valence electrons. The first kappa shape index (κ1) is 18.2. The van der Waals surface area contributed by atoms with Crippen LogP contribution in [0.25, 0.3) is 11.0 Å². The Morgan fingerprint density at radius 2 is 1.69 bits per heavy atom. The molecule has 29 heavy (non-hydrogen) atoms. The number of para-hydroxylation sites is 1. The summed E-state index contributed by atoms with van der Waals surface area (Å²) in [5.41, 5.74) is 11.2. The summed E-state index contributed by atoms with van der Waals surface area (Å²) in [6.07, 6.45) is 0. The number of hydrogen-bond acceptors (Lipinski definition) is 9. The van der Waals surface area contributed by atoms with E-state index in [0.717, 1.165) is 0 Å². The van der Waals surface area contributed by atoms with Crippen LogP contribution in [0.3, 0.4) is 0 Å². The van der Waals surface area contributed by atoms with Crippen molar-refractivity contribution in [3.63, 3.8) is 0 Å². The molecule has 0 fully saturated rings. The average molecular weight is 391 g/mol. The fourth-order valence-corrected chi connectivity index (χ4v) is 2.75. The van der Waals surface area contributed by atoms with Crippen molar-refractivity contribution in [3.05, 3.63) is 70.3 Å². The van der Waals surface area contributed by atoms with Crippen LogP contribution in [0.2, 0.25) is 0 Å². The third-order valence-electron chi connectivity index (χ3n) is 4.03. The zero-order valence-corrected chi connectivity index (χ0v) is 15.5. The Morgan fingerprint density at radius 1 is 0.966 bits per heavy atom. The van der Waals surface area contributed by atoms with Crippen LogP contribution >= 0.6 is 0 Å². The molecule has 0 aliphatic rings. The summed E-state index contributed by atoms with van der Waals surface area (Å²) in [5, 5.41) is 0.377. The number of aromatic nitrogens is 3. The minimum atomic E-state index is -0.267. The highest BCUT2D eigenvalue weighted by Crippen LogP contribution is 2.27. The maximum absolute atomic E-state index is 12.8. The van der Waals surface area contributed by atoms with E-state index < -0.39 is 0 Å². The third kappa shape index (κ3) is 3.93. The van der Waals surface area contributed by atoms with E-state index in [1.165, 1.54) is 0 Å². The van der Waals surface area contributed by atoms with Crippen molar-refractivity contribution < 1.29 is 13.9 Å². The Labute approximate surface area is 164 Å². The highest BCUT2D eigenvalue weighted by atomic mass is 16.5. The summed E-state index contributed by atoms with van der Waals surface area (Å²) in [6, 6.07) is 13.9. The minimum absolute atomic E-state index is 0.0159. The molecule has 0 unspecified atom stereocenters. The lowest BCUT2D eigenvalue weighted by molar-refractivity contribution is 0.295. The summed E-state index contributed by atoms with van der Waals surface area (Å²) in [7, 11) is 0. The number of hydrogen-bond donors (Lipinski definition) is 2. The normalized spacial score (nSPS) is 10.8. The Bertz CT molecular complexity index is 1220. The summed E-state index contributed by atoms with van der Waals surface area (Å²) in [6.45, 7) is 1.70. The van der Waals surface area contributed by atoms with Gasteiger partial charge in [-0.25, -0.2) is 0 Å². The van der Waals surface area contributed by atoms with Crippen LogP contribution in [-0.4, -0.2) is 15.0 Å². The number of nitrogen functional groups attached to an aromatic ring is 2. The Kier molecular flexibility index (Phi) is 4.70. The molecule has 9 heteroatoms. The van der Waals surface area contributed by atoms with E-state index in [1.54, 1.807) is 37.3 Å². The van der Waals surface area contributed by atoms with Crippen molar-refractivity contribution in [1.82, 2.24) is 15.0 Å². The van der Waals surface area contributed by atoms with E-state index in [0.29, 0.717) is 34.1 Å². The van der Waals surface area contributed by atoms with Gasteiger partial charge in [-0.3, -0.25) is 4.79 Å². The summed E-state index contributed by atoms with van der Waals surface area (Å²) >= 11 is 0. The van der Waals surface area contributed by atoms with Gasteiger partial charge in [-0.2, -0.15) is 15.0 Å². The van der Waals surface area contributed by atoms with E-state index in [2.05, 4.69) is 15.0 Å². The van der Waals surface area contributed by atoms with Crippen LogP contribution in [0, 0.1) is 6.92 Å². The van der Waals surface area contributed by atoms with Crippen LogP contribution in [-0.2, 0) is 6.61 Å². The van der Waals surface area contributed by atoms with Crippen LogP contribution in [0.4, 0.5) is 11.9 Å². The van der Waals surface area contributed by atoms with Gasteiger partial charge in [-0.05, 0) is 31.2 Å². The van der Waals surface area contributed by atoms with E-state index in [9.17, 15) is 4.79 Å². The number of anilines is 2. The van der Waals surface area contributed by atoms with Crippen molar-refractivity contribution >= 4 is 22.9 Å². The monoisotopic (exact) mass is 391 g/mol. The summed E-state index contributed by atoms with van der Waals surface area (Å²) in [4.78, 5) is 24.4. The zero-order valence-electron chi connectivity index (χ0n) is 15.5. The van der Waals surface area contributed by atoms with Gasteiger partial charge in [0.1, 0.15) is 29.4 Å². The van der Waals surface area contributed by atoms with Gasteiger partial charge in [-0.15, -0.1) is 0 Å². The van der Waals surface area contributed by atoms with Crippen molar-refractivity contribution in [3.8, 4) is 17.2 Å². The Hall–Kier alpha value is -4.14. The van der Waals surface area contributed by atoms with E-state index in [-0.39, 0.29) is 29.7 Å². The second-order valence-electron chi connectivity index (χ2n) is 6.15. The predicted octanol–water partition coefficient (Wildman–Crippen LogP) is 2.82. The van der Waals surface area contributed by atoms with Crippen LogP contribution in [0.1, 0.15) is 11.6 Å². The van der Waals surface area contributed by atoms with Gasteiger partial charge in [0.15, 0.2) is 5.82 Å². The molecule has 2 aromatic carbocycles. The number of nitrogens with two attached hydrogens (primary N) is 2. The predicted molar refractivity (Wildman–Crippen MR) is 107 cm³/mol. The van der Waals surface area contributed by atoms with Gasteiger partial charge in [0, 0.05) is 6.07 Å². The summed E-state index contributed by atoms with van der Waals surface area (Å²) in [5.74, 6) is 1.85. The molecule has 4 rings (SSSR count). The number of benzene rings is 2. The van der Waals surface area contributed by atoms with Gasteiger partial charge >= 0.3 is 0 Å². The Morgan fingerprint density at radius 3 is 2.41 bits per heavy atom. The van der Waals surface area contributed by atoms with Crippen LogP contribution in [0.15, 0.2) is 57.7 Å². The van der Waals surface area contributed by atoms with Crippen molar-refractivity contribution in [1.29, 1.82) is 0 Å². The molecule has 2 aromatic heterocycles. The fraction of sp³-hybridized carbons (Fsp3) is 0.100. The zero-order chi connectivity index (χ0) is 20.4. The lowest BCUT2D eigenvalue weighted by Crippen LogP contribution is -2.09. The molecule has 0 atom stereocenters. The molecule has 0 aliphatic heterocycles. The molecule has 0 radical (unpaired) electrons. The first-order chi connectivity index (χ1) is 14.0. The lowest BCUT2D eigenvalue weighted by Gasteiger charge is -2.10. The average Bonchev–Trinajstić information content (AvgIpc) is 2.69. The largest absolute Gasteiger partial charge is 0.485 e. The molecule has 9 nitrogen and oxygen atoms in total. The SMILES string of the molecule is Cc1oc2cc(OCc3nc(N)nc(N)n3)ccc2c(=O)c1Oc1ccccc1. The van der Waals surface area contributed by atoms with Crippen molar-refractivity contribution in [2.45, 2.75) is 13.5 Å². The molecule has 4 N–H and O–H groups in total. The first-order valence-corrected chi connectivity index (χ1v) is 8.68.